The molecular weight excluding hydrogens is 278 g/mol. The van der Waals surface area contributed by atoms with Crippen LogP contribution in [0.4, 0.5) is 10.5 Å². The summed E-state index contributed by atoms with van der Waals surface area (Å²) in [6.07, 6.45) is -0.582. The molecule has 0 aliphatic carbocycles. The first-order valence-electron chi connectivity index (χ1n) is 5.85. The number of carbonyl (C=O) groups is 2. The normalized spacial score (nSPS) is 9.90. The number of methoxy groups -OCH3 is 1. The number of amides is 1. The molecular formula is C15H12ClNO3. The summed E-state index contributed by atoms with van der Waals surface area (Å²) < 4.78 is 4.50. The van der Waals surface area contributed by atoms with Crippen LogP contribution in [0, 0.1) is 0 Å². The second-order valence-corrected chi connectivity index (χ2v) is 4.47. The SMILES string of the molecule is COC(=O)Nc1cccc(C(=O)c2ccc(Cl)cc2)c1. The topological polar surface area (TPSA) is 55.4 Å². The third-order valence-electron chi connectivity index (χ3n) is 2.66. The van der Waals surface area contributed by atoms with E-state index in [2.05, 4.69) is 10.1 Å². The largest absolute Gasteiger partial charge is 0.453 e. The van der Waals surface area contributed by atoms with Gasteiger partial charge in [0.25, 0.3) is 0 Å². The van der Waals surface area contributed by atoms with Crippen LogP contribution < -0.4 is 5.32 Å². The summed E-state index contributed by atoms with van der Waals surface area (Å²) in [6, 6.07) is 13.3. The van der Waals surface area contributed by atoms with Crippen LogP contribution in [-0.2, 0) is 4.74 Å². The maximum absolute atomic E-state index is 12.3. The highest BCUT2D eigenvalue weighted by Crippen LogP contribution is 2.17. The van der Waals surface area contributed by atoms with E-state index in [1.807, 2.05) is 0 Å². The van der Waals surface area contributed by atoms with Crippen LogP contribution in [0.25, 0.3) is 0 Å². The average molecular weight is 290 g/mol. The molecule has 0 saturated heterocycles. The van der Waals surface area contributed by atoms with Crippen molar-refractivity contribution < 1.29 is 14.3 Å². The van der Waals surface area contributed by atoms with Gasteiger partial charge in [0, 0.05) is 21.8 Å². The summed E-state index contributed by atoms with van der Waals surface area (Å²) in [6.45, 7) is 0. The summed E-state index contributed by atoms with van der Waals surface area (Å²) in [7, 11) is 1.28. The van der Waals surface area contributed by atoms with Gasteiger partial charge in [-0.25, -0.2) is 4.79 Å². The number of hydrogen-bond acceptors (Lipinski definition) is 3. The molecule has 0 spiro atoms. The van der Waals surface area contributed by atoms with Gasteiger partial charge in [-0.05, 0) is 36.4 Å². The number of halogens is 1. The lowest BCUT2D eigenvalue weighted by molar-refractivity contribution is 0.103. The summed E-state index contributed by atoms with van der Waals surface area (Å²) >= 11 is 5.79. The van der Waals surface area contributed by atoms with Crippen LogP contribution in [0.5, 0.6) is 0 Å². The van der Waals surface area contributed by atoms with Crippen molar-refractivity contribution in [3.8, 4) is 0 Å². The molecule has 2 aromatic carbocycles. The maximum atomic E-state index is 12.3. The molecule has 0 saturated carbocycles. The quantitative estimate of drug-likeness (QED) is 0.876. The number of ketones is 1. The van der Waals surface area contributed by atoms with Crippen LogP contribution in [0.2, 0.25) is 5.02 Å². The highest BCUT2D eigenvalue weighted by Gasteiger charge is 2.10. The van der Waals surface area contributed by atoms with Gasteiger partial charge >= 0.3 is 6.09 Å². The Kier molecular flexibility index (Phi) is 4.38. The zero-order valence-electron chi connectivity index (χ0n) is 10.7. The molecule has 4 nitrogen and oxygen atoms in total. The minimum Gasteiger partial charge on any atom is -0.453 e. The average Bonchev–Trinajstić information content (AvgIpc) is 2.47. The van der Waals surface area contributed by atoms with Crippen molar-refractivity contribution >= 4 is 29.2 Å². The first-order chi connectivity index (χ1) is 9.60. The first kappa shape index (κ1) is 14.1. The number of hydrogen-bond donors (Lipinski definition) is 1. The Morgan fingerprint density at radius 1 is 1.05 bits per heavy atom. The number of anilines is 1. The van der Waals surface area contributed by atoms with E-state index < -0.39 is 6.09 Å². The Morgan fingerprint density at radius 2 is 1.75 bits per heavy atom. The van der Waals surface area contributed by atoms with Crippen molar-refractivity contribution in [2.75, 3.05) is 12.4 Å². The van der Waals surface area contributed by atoms with Gasteiger partial charge in [0.15, 0.2) is 5.78 Å². The molecule has 2 rings (SSSR count). The summed E-state index contributed by atoms with van der Waals surface area (Å²) in [5.74, 6) is -0.143. The van der Waals surface area contributed by atoms with E-state index in [-0.39, 0.29) is 5.78 Å². The van der Waals surface area contributed by atoms with Crippen molar-refractivity contribution in [2.45, 2.75) is 0 Å². The molecule has 5 heteroatoms. The molecule has 0 fully saturated rings. The molecule has 0 aliphatic rings. The van der Waals surface area contributed by atoms with Gasteiger partial charge in [0.1, 0.15) is 0 Å². The van der Waals surface area contributed by atoms with Crippen molar-refractivity contribution in [1.29, 1.82) is 0 Å². The number of benzene rings is 2. The highest BCUT2D eigenvalue weighted by atomic mass is 35.5. The van der Waals surface area contributed by atoms with Gasteiger partial charge in [-0.3, -0.25) is 10.1 Å². The van der Waals surface area contributed by atoms with E-state index >= 15 is 0 Å². The van der Waals surface area contributed by atoms with Crippen LogP contribution in [0.3, 0.4) is 0 Å². The van der Waals surface area contributed by atoms with Crippen molar-refractivity contribution in [1.82, 2.24) is 0 Å². The molecule has 0 aromatic heterocycles. The Labute approximate surface area is 121 Å². The molecule has 20 heavy (non-hydrogen) atoms. The van der Waals surface area contributed by atoms with E-state index in [4.69, 9.17) is 11.6 Å². The van der Waals surface area contributed by atoms with Crippen LogP contribution in [0.1, 0.15) is 15.9 Å². The van der Waals surface area contributed by atoms with Crippen molar-refractivity contribution in [2.24, 2.45) is 0 Å². The first-order valence-corrected chi connectivity index (χ1v) is 6.23. The number of carbonyl (C=O) groups excluding carboxylic acids is 2. The van der Waals surface area contributed by atoms with E-state index in [0.717, 1.165) is 0 Å². The molecule has 0 heterocycles. The molecule has 0 bridgehead atoms. The van der Waals surface area contributed by atoms with Gasteiger partial charge in [0.2, 0.25) is 0 Å². The minimum atomic E-state index is -0.582. The van der Waals surface area contributed by atoms with Crippen LogP contribution in [0.15, 0.2) is 48.5 Å². The summed E-state index contributed by atoms with van der Waals surface area (Å²) in [5, 5.41) is 3.08. The third-order valence-corrected chi connectivity index (χ3v) is 2.91. The van der Waals surface area contributed by atoms with Gasteiger partial charge in [-0.2, -0.15) is 0 Å². The lowest BCUT2D eigenvalue weighted by atomic mass is 10.0. The Balaban J connectivity index is 2.24. The molecule has 0 atom stereocenters. The van der Waals surface area contributed by atoms with E-state index in [0.29, 0.717) is 21.8 Å². The van der Waals surface area contributed by atoms with Crippen molar-refractivity contribution in [3.05, 3.63) is 64.7 Å². The van der Waals surface area contributed by atoms with Gasteiger partial charge in [0.05, 0.1) is 7.11 Å². The van der Waals surface area contributed by atoms with Gasteiger partial charge in [-0.15, -0.1) is 0 Å². The number of nitrogens with one attached hydrogen (secondary N) is 1. The molecule has 0 aliphatic heterocycles. The van der Waals surface area contributed by atoms with E-state index in [1.165, 1.54) is 7.11 Å². The molecule has 1 N–H and O–H groups in total. The second-order valence-electron chi connectivity index (χ2n) is 4.03. The third kappa shape index (κ3) is 3.36. The Morgan fingerprint density at radius 3 is 2.40 bits per heavy atom. The Hall–Kier alpha value is -2.33. The molecule has 102 valence electrons. The second kappa shape index (κ2) is 6.21. The van der Waals surface area contributed by atoms with Crippen LogP contribution >= 0.6 is 11.6 Å². The Bertz CT molecular complexity index is 638. The summed E-state index contributed by atoms with van der Waals surface area (Å²) in [4.78, 5) is 23.4. The fraction of sp³-hybridized carbons (Fsp3) is 0.0667. The predicted octanol–water partition coefficient (Wildman–Crippen LogP) is 3.75. The lowest BCUT2D eigenvalue weighted by Crippen LogP contribution is -2.11. The smallest absolute Gasteiger partial charge is 0.411 e. The number of rotatable bonds is 3. The standard InChI is InChI=1S/C15H12ClNO3/c1-20-15(19)17-13-4-2-3-11(9-13)14(18)10-5-7-12(16)8-6-10/h2-9H,1H3,(H,17,19). The van der Waals surface area contributed by atoms with E-state index in [9.17, 15) is 9.59 Å². The predicted molar refractivity (Wildman–Crippen MR) is 77.4 cm³/mol. The lowest BCUT2D eigenvalue weighted by Gasteiger charge is -2.06. The fourth-order valence-corrected chi connectivity index (χ4v) is 1.80. The number of ether oxygens (including phenoxy) is 1. The van der Waals surface area contributed by atoms with Gasteiger partial charge < -0.3 is 4.74 Å². The minimum absolute atomic E-state index is 0.143. The molecule has 1 amide bonds. The highest BCUT2D eigenvalue weighted by molar-refractivity contribution is 6.30. The molecule has 2 aromatic rings. The monoisotopic (exact) mass is 289 g/mol. The zero-order chi connectivity index (χ0) is 14.5. The van der Waals surface area contributed by atoms with Crippen molar-refractivity contribution in [3.63, 3.8) is 0 Å². The van der Waals surface area contributed by atoms with Crippen LogP contribution in [-0.4, -0.2) is 19.0 Å². The summed E-state index contributed by atoms with van der Waals surface area (Å²) in [5.41, 5.74) is 1.50. The molecule has 0 unspecified atom stereocenters. The van der Waals surface area contributed by atoms with E-state index in [1.54, 1.807) is 48.5 Å². The maximum Gasteiger partial charge on any atom is 0.411 e. The fourth-order valence-electron chi connectivity index (χ4n) is 1.68. The molecule has 0 radical (unpaired) electrons. The zero-order valence-corrected chi connectivity index (χ0v) is 11.5. The van der Waals surface area contributed by atoms with Gasteiger partial charge in [-0.1, -0.05) is 23.7 Å².